The third-order valence-corrected chi connectivity index (χ3v) is 6.45. The summed E-state index contributed by atoms with van der Waals surface area (Å²) in [4.78, 5) is 28.9. The smallest absolute Gasteiger partial charge is 0.228 e. The van der Waals surface area contributed by atoms with Crippen molar-refractivity contribution >= 4 is 23.2 Å². The maximum absolute atomic E-state index is 13.2. The molecule has 1 aromatic heterocycles. The summed E-state index contributed by atoms with van der Waals surface area (Å²) >= 11 is 1.72. The molecule has 0 bridgehead atoms. The molecule has 1 aliphatic heterocycles. The SMILES string of the molecule is CCCC(=O)N1CCC[C@](Cc2ccccc2-c2cccs2)(C(=O)NCC)C1. The lowest BCUT2D eigenvalue weighted by Crippen LogP contribution is -2.54. The van der Waals surface area contributed by atoms with E-state index in [0.29, 0.717) is 25.9 Å². The van der Waals surface area contributed by atoms with Gasteiger partial charge in [0.05, 0.1) is 5.41 Å². The molecule has 1 aliphatic rings. The van der Waals surface area contributed by atoms with Crippen LogP contribution in [0.4, 0.5) is 0 Å². The molecule has 0 saturated carbocycles. The van der Waals surface area contributed by atoms with Crippen LogP contribution in [0.15, 0.2) is 41.8 Å². The summed E-state index contributed by atoms with van der Waals surface area (Å²) in [6.45, 7) is 5.85. The zero-order chi connectivity index (χ0) is 20.0. The minimum absolute atomic E-state index is 0.0741. The molecule has 1 fully saturated rings. The lowest BCUT2D eigenvalue weighted by atomic mass is 9.73. The second kappa shape index (κ2) is 9.37. The van der Waals surface area contributed by atoms with Crippen LogP contribution in [0.3, 0.4) is 0 Å². The summed E-state index contributed by atoms with van der Waals surface area (Å²) in [5, 5.41) is 5.13. The Morgan fingerprint density at radius 1 is 1.18 bits per heavy atom. The number of thiophene rings is 1. The fourth-order valence-corrected chi connectivity index (χ4v) is 4.97. The normalized spacial score (nSPS) is 19.4. The Kier molecular flexibility index (Phi) is 6.89. The van der Waals surface area contributed by atoms with Crippen LogP contribution in [0.25, 0.3) is 10.4 Å². The van der Waals surface area contributed by atoms with Gasteiger partial charge in [0.2, 0.25) is 11.8 Å². The molecule has 4 nitrogen and oxygen atoms in total. The maximum Gasteiger partial charge on any atom is 0.228 e. The van der Waals surface area contributed by atoms with Crippen molar-refractivity contribution in [2.75, 3.05) is 19.6 Å². The van der Waals surface area contributed by atoms with E-state index >= 15 is 0 Å². The third-order valence-electron chi connectivity index (χ3n) is 5.55. The molecular weight excluding hydrogens is 368 g/mol. The van der Waals surface area contributed by atoms with E-state index in [1.165, 1.54) is 16.0 Å². The summed E-state index contributed by atoms with van der Waals surface area (Å²) in [7, 11) is 0. The van der Waals surface area contributed by atoms with Crippen LogP contribution in [-0.4, -0.2) is 36.3 Å². The molecule has 1 N–H and O–H groups in total. The van der Waals surface area contributed by atoms with E-state index in [2.05, 4.69) is 41.0 Å². The molecule has 2 amide bonds. The van der Waals surface area contributed by atoms with E-state index in [4.69, 9.17) is 0 Å². The van der Waals surface area contributed by atoms with Crippen LogP contribution < -0.4 is 5.32 Å². The van der Waals surface area contributed by atoms with Crippen LogP contribution in [0.2, 0.25) is 0 Å². The van der Waals surface area contributed by atoms with Gasteiger partial charge in [0.25, 0.3) is 0 Å². The van der Waals surface area contributed by atoms with Gasteiger partial charge in [0, 0.05) is 30.9 Å². The number of hydrogen-bond donors (Lipinski definition) is 1. The number of rotatable bonds is 7. The molecule has 1 atom stereocenters. The summed E-state index contributed by atoms with van der Waals surface area (Å²) in [6.07, 6.45) is 3.73. The van der Waals surface area contributed by atoms with E-state index in [0.717, 1.165) is 25.8 Å². The highest BCUT2D eigenvalue weighted by Crippen LogP contribution is 2.38. The van der Waals surface area contributed by atoms with Gasteiger partial charge in [0.1, 0.15) is 0 Å². The summed E-state index contributed by atoms with van der Waals surface area (Å²) in [5.41, 5.74) is 1.81. The van der Waals surface area contributed by atoms with Gasteiger partial charge in [-0.05, 0) is 55.2 Å². The van der Waals surface area contributed by atoms with E-state index in [1.807, 2.05) is 24.8 Å². The average molecular weight is 399 g/mol. The van der Waals surface area contributed by atoms with Gasteiger partial charge in [-0.15, -0.1) is 11.3 Å². The van der Waals surface area contributed by atoms with Crippen molar-refractivity contribution in [2.45, 2.75) is 46.0 Å². The first-order valence-electron chi connectivity index (χ1n) is 10.3. The largest absolute Gasteiger partial charge is 0.356 e. The van der Waals surface area contributed by atoms with Crippen molar-refractivity contribution in [3.63, 3.8) is 0 Å². The molecule has 28 heavy (non-hydrogen) atoms. The highest BCUT2D eigenvalue weighted by Gasteiger charge is 2.43. The molecule has 0 spiro atoms. The van der Waals surface area contributed by atoms with Gasteiger partial charge in [-0.2, -0.15) is 0 Å². The molecule has 3 rings (SSSR count). The first kappa shape index (κ1) is 20.6. The molecule has 2 heterocycles. The minimum atomic E-state index is -0.564. The number of nitrogens with one attached hydrogen (secondary N) is 1. The number of benzene rings is 1. The molecule has 1 aromatic carbocycles. The van der Waals surface area contributed by atoms with E-state index in [9.17, 15) is 9.59 Å². The van der Waals surface area contributed by atoms with Gasteiger partial charge in [0.15, 0.2) is 0 Å². The van der Waals surface area contributed by atoms with Crippen molar-refractivity contribution in [1.82, 2.24) is 10.2 Å². The Balaban J connectivity index is 1.94. The Morgan fingerprint density at radius 3 is 2.71 bits per heavy atom. The highest BCUT2D eigenvalue weighted by atomic mass is 32.1. The number of carbonyl (C=O) groups excluding carboxylic acids is 2. The Labute approximate surface area is 172 Å². The van der Waals surface area contributed by atoms with E-state index in [-0.39, 0.29) is 11.8 Å². The van der Waals surface area contributed by atoms with Gasteiger partial charge in [-0.25, -0.2) is 0 Å². The van der Waals surface area contributed by atoms with Crippen LogP contribution in [0, 0.1) is 5.41 Å². The van der Waals surface area contributed by atoms with Crippen LogP contribution >= 0.6 is 11.3 Å². The minimum Gasteiger partial charge on any atom is -0.356 e. The standard InChI is InChI=1S/C23H30N2O2S/c1-3-9-21(26)25-14-8-13-23(17-25,22(27)24-4-2)16-18-10-5-6-11-19(18)20-12-7-15-28-20/h5-7,10-12,15H,3-4,8-9,13-14,16-17H2,1-2H3,(H,24,27)/t23-/m1/s1. The topological polar surface area (TPSA) is 49.4 Å². The number of piperidine rings is 1. The van der Waals surface area contributed by atoms with Crippen molar-refractivity contribution < 1.29 is 9.59 Å². The van der Waals surface area contributed by atoms with E-state index < -0.39 is 5.41 Å². The van der Waals surface area contributed by atoms with Crippen LogP contribution in [0.5, 0.6) is 0 Å². The fraction of sp³-hybridized carbons (Fsp3) is 0.478. The molecule has 2 aromatic rings. The second-order valence-electron chi connectivity index (χ2n) is 7.62. The fourth-order valence-electron chi connectivity index (χ4n) is 4.19. The number of hydrogen-bond acceptors (Lipinski definition) is 3. The molecule has 0 aliphatic carbocycles. The number of nitrogens with zero attached hydrogens (tertiary/aromatic N) is 1. The van der Waals surface area contributed by atoms with Crippen LogP contribution in [-0.2, 0) is 16.0 Å². The monoisotopic (exact) mass is 398 g/mol. The Morgan fingerprint density at radius 2 is 2.00 bits per heavy atom. The summed E-state index contributed by atoms with van der Waals surface area (Å²) in [5.74, 6) is 0.243. The van der Waals surface area contributed by atoms with Crippen molar-refractivity contribution in [2.24, 2.45) is 5.41 Å². The molecule has 150 valence electrons. The number of amides is 2. The predicted molar refractivity (Wildman–Crippen MR) is 115 cm³/mol. The third kappa shape index (κ3) is 4.46. The number of likely N-dealkylation sites (tertiary alicyclic amines) is 1. The zero-order valence-electron chi connectivity index (χ0n) is 16.9. The first-order chi connectivity index (χ1) is 13.6. The maximum atomic E-state index is 13.2. The molecular formula is C23H30N2O2S. The molecule has 5 heteroatoms. The second-order valence-corrected chi connectivity index (χ2v) is 8.57. The van der Waals surface area contributed by atoms with Crippen molar-refractivity contribution in [3.05, 3.63) is 47.3 Å². The average Bonchev–Trinajstić information content (AvgIpc) is 3.23. The zero-order valence-corrected chi connectivity index (χ0v) is 17.7. The van der Waals surface area contributed by atoms with Crippen LogP contribution in [0.1, 0.15) is 45.1 Å². The van der Waals surface area contributed by atoms with Gasteiger partial charge >= 0.3 is 0 Å². The van der Waals surface area contributed by atoms with Crippen molar-refractivity contribution in [1.29, 1.82) is 0 Å². The lowest BCUT2D eigenvalue weighted by molar-refractivity contribution is -0.141. The Hall–Kier alpha value is -2.14. The van der Waals surface area contributed by atoms with Gasteiger partial charge in [-0.1, -0.05) is 37.3 Å². The van der Waals surface area contributed by atoms with Crippen molar-refractivity contribution in [3.8, 4) is 10.4 Å². The highest BCUT2D eigenvalue weighted by molar-refractivity contribution is 7.13. The number of carbonyl (C=O) groups is 2. The molecule has 0 unspecified atom stereocenters. The quantitative estimate of drug-likeness (QED) is 0.746. The predicted octanol–water partition coefficient (Wildman–Crippen LogP) is 4.50. The van der Waals surface area contributed by atoms with Gasteiger partial charge in [-0.3, -0.25) is 9.59 Å². The molecule has 1 saturated heterocycles. The first-order valence-corrected chi connectivity index (χ1v) is 11.2. The van der Waals surface area contributed by atoms with Gasteiger partial charge < -0.3 is 10.2 Å². The summed E-state index contributed by atoms with van der Waals surface area (Å²) < 4.78 is 0. The summed E-state index contributed by atoms with van der Waals surface area (Å²) in [6, 6.07) is 12.5. The van der Waals surface area contributed by atoms with E-state index in [1.54, 1.807) is 11.3 Å². The lowest BCUT2D eigenvalue weighted by Gasteiger charge is -2.42. The Bertz CT molecular complexity index is 803. The molecule has 0 radical (unpaired) electrons.